The van der Waals surface area contributed by atoms with E-state index in [1.807, 2.05) is 25.1 Å². The van der Waals surface area contributed by atoms with Gasteiger partial charge in [-0.15, -0.1) is 0 Å². The SMILES string of the molecule is COc1ccc(Br)cc1NC/C(C)=C/Cl. The van der Waals surface area contributed by atoms with Gasteiger partial charge in [-0.05, 0) is 30.7 Å². The highest BCUT2D eigenvalue weighted by molar-refractivity contribution is 9.10. The Bertz CT molecular complexity index is 366. The van der Waals surface area contributed by atoms with Gasteiger partial charge in [-0.1, -0.05) is 27.5 Å². The zero-order chi connectivity index (χ0) is 11.3. The van der Waals surface area contributed by atoms with Crippen LogP contribution in [0.25, 0.3) is 0 Å². The number of methoxy groups -OCH3 is 1. The van der Waals surface area contributed by atoms with Gasteiger partial charge in [0.1, 0.15) is 5.75 Å². The topological polar surface area (TPSA) is 21.3 Å². The van der Waals surface area contributed by atoms with Crippen molar-refractivity contribution in [1.82, 2.24) is 0 Å². The van der Waals surface area contributed by atoms with E-state index < -0.39 is 0 Å². The summed E-state index contributed by atoms with van der Waals surface area (Å²) < 4.78 is 6.24. The van der Waals surface area contributed by atoms with E-state index in [4.69, 9.17) is 16.3 Å². The maximum atomic E-state index is 5.58. The van der Waals surface area contributed by atoms with Gasteiger partial charge in [-0.3, -0.25) is 0 Å². The predicted molar refractivity (Wildman–Crippen MR) is 68.8 cm³/mol. The molecule has 2 nitrogen and oxygen atoms in total. The van der Waals surface area contributed by atoms with Crippen molar-refractivity contribution >= 4 is 33.2 Å². The van der Waals surface area contributed by atoms with E-state index in [-0.39, 0.29) is 0 Å². The Morgan fingerprint density at radius 2 is 2.33 bits per heavy atom. The predicted octanol–water partition coefficient (Wildman–Crippen LogP) is 4.01. The molecule has 0 radical (unpaired) electrons. The molecule has 0 aliphatic carbocycles. The maximum absolute atomic E-state index is 5.58. The van der Waals surface area contributed by atoms with Crippen molar-refractivity contribution in [2.45, 2.75) is 6.92 Å². The average Bonchev–Trinajstić information content (AvgIpc) is 2.26. The lowest BCUT2D eigenvalue weighted by Gasteiger charge is -2.11. The van der Waals surface area contributed by atoms with Crippen LogP contribution in [0.2, 0.25) is 0 Å². The average molecular weight is 291 g/mol. The van der Waals surface area contributed by atoms with Crippen LogP contribution in [0.1, 0.15) is 6.92 Å². The summed E-state index contributed by atoms with van der Waals surface area (Å²) in [5.74, 6) is 0.820. The number of hydrogen-bond donors (Lipinski definition) is 1. The minimum absolute atomic E-state index is 0.705. The molecule has 4 heteroatoms. The summed E-state index contributed by atoms with van der Waals surface area (Å²) in [6.45, 7) is 2.67. The normalized spacial score (nSPS) is 11.3. The fraction of sp³-hybridized carbons (Fsp3) is 0.273. The van der Waals surface area contributed by atoms with Crippen molar-refractivity contribution in [3.8, 4) is 5.75 Å². The summed E-state index contributed by atoms with van der Waals surface area (Å²) in [5, 5.41) is 3.25. The van der Waals surface area contributed by atoms with Gasteiger partial charge in [0.15, 0.2) is 0 Å². The summed E-state index contributed by atoms with van der Waals surface area (Å²) in [6.07, 6.45) is 0. The number of hydrogen-bond acceptors (Lipinski definition) is 2. The molecule has 0 aromatic heterocycles. The molecular weight excluding hydrogens is 277 g/mol. The van der Waals surface area contributed by atoms with Gasteiger partial charge in [0.05, 0.1) is 12.8 Å². The van der Waals surface area contributed by atoms with Gasteiger partial charge in [0.2, 0.25) is 0 Å². The van der Waals surface area contributed by atoms with Crippen LogP contribution >= 0.6 is 27.5 Å². The van der Waals surface area contributed by atoms with Crippen molar-refractivity contribution in [3.05, 3.63) is 33.8 Å². The molecule has 0 aliphatic heterocycles. The molecule has 0 atom stereocenters. The van der Waals surface area contributed by atoms with Crippen LogP contribution < -0.4 is 10.1 Å². The van der Waals surface area contributed by atoms with Crippen LogP contribution in [0.3, 0.4) is 0 Å². The van der Waals surface area contributed by atoms with E-state index >= 15 is 0 Å². The first kappa shape index (κ1) is 12.4. The highest BCUT2D eigenvalue weighted by Crippen LogP contribution is 2.27. The first-order chi connectivity index (χ1) is 7.17. The van der Waals surface area contributed by atoms with E-state index in [1.54, 1.807) is 12.6 Å². The molecule has 0 heterocycles. The molecular formula is C11H13BrClNO. The maximum Gasteiger partial charge on any atom is 0.142 e. The van der Waals surface area contributed by atoms with E-state index in [2.05, 4.69) is 21.2 Å². The molecule has 0 unspecified atom stereocenters. The summed E-state index contributed by atoms with van der Waals surface area (Å²) in [7, 11) is 1.65. The molecule has 1 rings (SSSR count). The van der Waals surface area contributed by atoms with Crippen molar-refractivity contribution < 1.29 is 4.74 Å². The highest BCUT2D eigenvalue weighted by Gasteiger charge is 2.02. The van der Waals surface area contributed by atoms with E-state index in [0.29, 0.717) is 6.54 Å². The van der Waals surface area contributed by atoms with Crippen molar-refractivity contribution in [1.29, 1.82) is 0 Å². The molecule has 82 valence electrons. The van der Waals surface area contributed by atoms with Gasteiger partial charge >= 0.3 is 0 Å². The minimum atomic E-state index is 0.705. The Balaban J connectivity index is 2.78. The standard InChI is InChI=1S/C11H13BrClNO/c1-8(6-13)7-14-10-5-9(12)3-4-11(10)15-2/h3-6,14H,7H2,1-2H3/b8-6+. The minimum Gasteiger partial charge on any atom is -0.495 e. The molecule has 0 bridgehead atoms. The van der Waals surface area contributed by atoms with E-state index in [9.17, 15) is 0 Å². The number of anilines is 1. The molecule has 0 amide bonds. The van der Waals surface area contributed by atoms with Crippen LogP contribution in [0, 0.1) is 0 Å². The van der Waals surface area contributed by atoms with Gasteiger partial charge in [0.25, 0.3) is 0 Å². The van der Waals surface area contributed by atoms with Gasteiger partial charge in [-0.25, -0.2) is 0 Å². The smallest absolute Gasteiger partial charge is 0.142 e. The zero-order valence-electron chi connectivity index (χ0n) is 8.68. The van der Waals surface area contributed by atoms with E-state index in [0.717, 1.165) is 21.5 Å². The van der Waals surface area contributed by atoms with Crippen LogP contribution in [-0.4, -0.2) is 13.7 Å². The van der Waals surface area contributed by atoms with Crippen molar-refractivity contribution in [2.75, 3.05) is 19.0 Å². The number of rotatable bonds is 4. The van der Waals surface area contributed by atoms with Gasteiger partial charge < -0.3 is 10.1 Å². The molecule has 0 aliphatic rings. The summed E-state index contributed by atoms with van der Waals surface area (Å²) in [6, 6.07) is 5.82. The molecule has 0 saturated heterocycles. The zero-order valence-corrected chi connectivity index (χ0v) is 11.0. The fourth-order valence-corrected chi connectivity index (χ4v) is 1.53. The Morgan fingerprint density at radius 1 is 1.60 bits per heavy atom. The van der Waals surface area contributed by atoms with E-state index in [1.165, 1.54) is 0 Å². The highest BCUT2D eigenvalue weighted by atomic mass is 79.9. The summed E-state index contributed by atoms with van der Waals surface area (Å²) >= 11 is 8.99. The Kier molecular flexibility index (Phi) is 4.99. The third kappa shape index (κ3) is 3.76. The molecule has 0 spiro atoms. The fourth-order valence-electron chi connectivity index (χ4n) is 1.09. The molecule has 1 aromatic rings. The van der Waals surface area contributed by atoms with Gasteiger partial charge in [-0.2, -0.15) is 0 Å². The number of halogens is 2. The lowest BCUT2D eigenvalue weighted by molar-refractivity contribution is 0.416. The Morgan fingerprint density at radius 3 is 2.93 bits per heavy atom. The lowest BCUT2D eigenvalue weighted by Crippen LogP contribution is -2.03. The third-order valence-corrected chi connectivity index (χ3v) is 2.77. The third-order valence-electron chi connectivity index (χ3n) is 1.91. The Labute approximate surface area is 103 Å². The first-order valence-corrected chi connectivity index (χ1v) is 5.73. The van der Waals surface area contributed by atoms with Crippen LogP contribution in [0.4, 0.5) is 5.69 Å². The Hall–Kier alpha value is -0.670. The van der Waals surface area contributed by atoms with Gasteiger partial charge in [0, 0.05) is 16.6 Å². The monoisotopic (exact) mass is 289 g/mol. The largest absolute Gasteiger partial charge is 0.495 e. The van der Waals surface area contributed by atoms with Crippen LogP contribution in [0.15, 0.2) is 33.8 Å². The van der Waals surface area contributed by atoms with Crippen LogP contribution in [0.5, 0.6) is 5.75 Å². The summed E-state index contributed by atoms with van der Waals surface area (Å²) in [5.41, 5.74) is 3.58. The van der Waals surface area contributed by atoms with Crippen molar-refractivity contribution in [3.63, 3.8) is 0 Å². The number of benzene rings is 1. The second-order valence-electron chi connectivity index (χ2n) is 3.15. The second kappa shape index (κ2) is 6.03. The van der Waals surface area contributed by atoms with Crippen molar-refractivity contribution in [2.24, 2.45) is 0 Å². The van der Waals surface area contributed by atoms with Crippen LogP contribution in [-0.2, 0) is 0 Å². The quantitative estimate of drug-likeness (QED) is 0.904. The number of ether oxygens (including phenoxy) is 1. The molecule has 0 saturated carbocycles. The molecule has 0 fully saturated rings. The summed E-state index contributed by atoms with van der Waals surface area (Å²) in [4.78, 5) is 0. The first-order valence-electron chi connectivity index (χ1n) is 4.50. The molecule has 1 N–H and O–H groups in total. The molecule has 1 aromatic carbocycles. The number of nitrogens with one attached hydrogen (secondary N) is 1. The molecule has 15 heavy (non-hydrogen) atoms. The second-order valence-corrected chi connectivity index (χ2v) is 4.29. The lowest BCUT2D eigenvalue weighted by atomic mass is 10.2.